The van der Waals surface area contributed by atoms with E-state index in [1.807, 2.05) is 11.7 Å². The van der Waals surface area contributed by atoms with Crippen molar-refractivity contribution in [1.82, 2.24) is 24.6 Å². The zero-order valence-electron chi connectivity index (χ0n) is 15.0. The van der Waals surface area contributed by atoms with Crippen LogP contribution >= 0.6 is 0 Å². The first-order valence-electron chi connectivity index (χ1n) is 9.64. The Balaban J connectivity index is 1.38. The third-order valence-electron chi connectivity index (χ3n) is 5.91. The van der Waals surface area contributed by atoms with E-state index in [-0.39, 0.29) is 0 Å². The van der Waals surface area contributed by atoms with Crippen molar-refractivity contribution in [3.8, 4) is 0 Å². The topological polar surface area (TPSA) is 63.9 Å². The zero-order valence-corrected chi connectivity index (χ0v) is 15.0. The Morgan fingerprint density at radius 3 is 2.56 bits per heavy atom. The Morgan fingerprint density at radius 2 is 1.80 bits per heavy atom. The minimum atomic E-state index is 0.357. The van der Waals surface area contributed by atoms with Gasteiger partial charge in [-0.25, -0.2) is 14.6 Å². The van der Waals surface area contributed by atoms with Crippen LogP contribution in [0.4, 0.5) is 0 Å². The van der Waals surface area contributed by atoms with Gasteiger partial charge in [0.2, 0.25) is 5.91 Å². The molecule has 0 bridgehead atoms. The number of aromatic nitrogens is 4. The number of piperidine rings is 1. The summed E-state index contributed by atoms with van der Waals surface area (Å²) < 4.78 is 1.82. The van der Waals surface area contributed by atoms with Gasteiger partial charge in [-0.1, -0.05) is 19.3 Å². The van der Waals surface area contributed by atoms with Gasteiger partial charge in [-0.3, -0.25) is 4.79 Å². The SMILES string of the molecule is Cn1nc(C2CCN(C(=O)CC3CCCCC3)CC2)c2nccnc21. The average molecular weight is 341 g/mol. The summed E-state index contributed by atoms with van der Waals surface area (Å²) >= 11 is 0. The van der Waals surface area contributed by atoms with E-state index in [1.165, 1.54) is 32.1 Å². The number of nitrogens with zero attached hydrogens (tertiary/aromatic N) is 5. The highest BCUT2D eigenvalue weighted by atomic mass is 16.2. The Bertz CT molecular complexity index is 741. The van der Waals surface area contributed by atoms with Crippen LogP contribution in [-0.2, 0) is 11.8 Å². The molecule has 4 rings (SSSR count). The highest BCUT2D eigenvalue weighted by Crippen LogP contribution is 2.32. The highest BCUT2D eigenvalue weighted by Gasteiger charge is 2.29. The van der Waals surface area contributed by atoms with Crippen LogP contribution in [0.15, 0.2) is 12.4 Å². The summed E-state index contributed by atoms with van der Waals surface area (Å²) in [5.41, 5.74) is 2.80. The summed E-state index contributed by atoms with van der Waals surface area (Å²) in [6, 6.07) is 0. The third-order valence-corrected chi connectivity index (χ3v) is 5.91. The molecule has 0 atom stereocenters. The first-order valence-corrected chi connectivity index (χ1v) is 9.64. The van der Waals surface area contributed by atoms with Crippen molar-refractivity contribution in [2.75, 3.05) is 13.1 Å². The van der Waals surface area contributed by atoms with Crippen molar-refractivity contribution >= 4 is 17.1 Å². The summed E-state index contributed by atoms with van der Waals surface area (Å²) in [4.78, 5) is 23.5. The normalized spacial score (nSPS) is 20.3. The number of fused-ring (bicyclic) bond motifs is 1. The summed E-state index contributed by atoms with van der Waals surface area (Å²) in [6.45, 7) is 1.68. The van der Waals surface area contributed by atoms with E-state index in [0.717, 1.165) is 49.2 Å². The molecule has 1 amide bonds. The van der Waals surface area contributed by atoms with Crippen LogP contribution in [0.2, 0.25) is 0 Å². The quantitative estimate of drug-likeness (QED) is 0.861. The fourth-order valence-corrected chi connectivity index (χ4v) is 4.45. The van der Waals surface area contributed by atoms with Crippen molar-refractivity contribution < 1.29 is 4.79 Å². The van der Waals surface area contributed by atoms with Crippen LogP contribution in [-0.4, -0.2) is 43.6 Å². The standard InChI is InChI=1S/C19H27N5O/c1-23-19-18(20-9-10-21-19)17(22-23)15-7-11-24(12-8-15)16(25)13-14-5-3-2-4-6-14/h9-10,14-15H,2-8,11-13H2,1H3. The van der Waals surface area contributed by atoms with Gasteiger partial charge < -0.3 is 4.90 Å². The molecule has 134 valence electrons. The van der Waals surface area contributed by atoms with Crippen molar-refractivity contribution in [2.45, 2.75) is 57.3 Å². The minimum absolute atomic E-state index is 0.357. The Kier molecular flexibility index (Phi) is 4.68. The van der Waals surface area contributed by atoms with Crippen LogP contribution in [0.5, 0.6) is 0 Å². The van der Waals surface area contributed by atoms with Crippen LogP contribution in [0, 0.1) is 5.92 Å². The van der Waals surface area contributed by atoms with Gasteiger partial charge in [-0.15, -0.1) is 0 Å². The molecule has 1 saturated heterocycles. The molecule has 2 aromatic rings. The lowest BCUT2D eigenvalue weighted by atomic mass is 9.86. The van der Waals surface area contributed by atoms with Gasteiger partial charge in [0.25, 0.3) is 0 Å². The van der Waals surface area contributed by atoms with Gasteiger partial charge in [0.1, 0.15) is 5.52 Å². The third kappa shape index (κ3) is 3.39. The number of amides is 1. The van der Waals surface area contributed by atoms with Gasteiger partial charge in [-0.2, -0.15) is 5.10 Å². The van der Waals surface area contributed by atoms with Crippen LogP contribution < -0.4 is 0 Å². The van der Waals surface area contributed by atoms with Gasteiger partial charge in [0, 0.05) is 44.9 Å². The van der Waals surface area contributed by atoms with Crippen LogP contribution in [0.1, 0.15) is 63.0 Å². The van der Waals surface area contributed by atoms with Crippen LogP contribution in [0.3, 0.4) is 0 Å². The molecule has 1 aliphatic heterocycles. The number of likely N-dealkylation sites (tertiary alicyclic amines) is 1. The summed E-state index contributed by atoms with van der Waals surface area (Å²) in [5.74, 6) is 1.35. The Labute approximate surface area is 148 Å². The molecule has 1 saturated carbocycles. The second-order valence-electron chi connectivity index (χ2n) is 7.60. The van der Waals surface area contributed by atoms with E-state index in [1.54, 1.807) is 12.4 Å². The number of rotatable bonds is 3. The highest BCUT2D eigenvalue weighted by molar-refractivity contribution is 5.77. The fraction of sp³-hybridized carbons (Fsp3) is 0.684. The van der Waals surface area contributed by atoms with Gasteiger partial charge in [-0.05, 0) is 31.6 Å². The van der Waals surface area contributed by atoms with Gasteiger partial charge >= 0.3 is 0 Å². The molecule has 25 heavy (non-hydrogen) atoms. The Hall–Kier alpha value is -1.98. The molecule has 2 aliphatic rings. The summed E-state index contributed by atoms with van der Waals surface area (Å²) in [6.07, 6.45) is 12.6. The van der Waals surface area contributed by atoms with Gasteiger partial charge in [0.15, 0.2) is 5.65 Å². The predicted octanol–water partition coefficient (Wildman–Crippen LogP) is 3.04. The molecule has 2 aromatic heterocycles. The van der Waals surface area contributed by atoms with E-state index in [4.69, 9.17) is 0 Å². The number of carbonyl (C=O) groups is 1. The molecular weight excluding hydrogens is 314 g/mol. The van der Waals surface area contributed by atoms with E-state index < -0.39 is 0 Å². The lowest BCUT2D eigenvalue weighted by molar-refractivity contribution is -0.133. The second-order valence-corrected chi connectivity index (χ2v) is 7.60. The Morgan fingerprint density at radius 1 is 1.08 bits per heavy atom. The first kappa shape index (κ1) is 16.5. The van der Waals surface area contributed by atoms with E-state index in [0.29, 0.717) is 17.7 Å². The maximum atomic E-state index is 12.6. The number of hydrogen-bond donors (Lipinski definition) is 0. The van der Waals surface area contributed by atoms with Gasteiger partial charge in [0.05, 0.1) is 5.69 Å². The van der Waals surface area contributed by atoms with Crippen LogP contribution in [0.25, 0.3) is 11.2 Å². The molecule has 0 aromatic carbocycles. The molecule has 6 heteroatoms. The molecule has 1 aliphatic carbocycles. The van der Waals surface area contributed by atoms with Crippen molar-refractivity contribution in [1.29, 1.82) is 0 Å². The second kappa shape index (κ2) is 7.10. The summed E-state index contributed by atoms with van der Waals surface area (Å²) in [7, 11) is 1.92. The predicted molar refractivity (Wildman–Crippen MR) is 96.1 cm³/mol. The number of hydrogen-bond acceptors (Lipinski definition) is 4. The molecule has 0 spiro atoms. The van der Waals surface area contributed by atoms with Crippen molar-refractivity contribution in [2.24, 2.45) is 13.0 Å². The zero-order chi connectivity index (χ0) is 17.2. The maximum Gasteiger partial charge on any atom is 0.222 e. The molecule has 2 fully saturated rings. The molecule has 0 unspecified atom stereocenters. The van der Waals surface area contributed by atoms with E-state index >= 15 is 0 Å². The molecule has 3 heterocycles. The largest absolute Gasteiger partial charge is 0.343 e. The smallest absolute Gasteiger partial charge is 0.222 e. The van der Waals surface area contributed by atoms with Crippen molar-refractivity contribution in [3.05, 3.63) is 18.1 Å². The van der Waals surface area contributed by atoms with E-state index in [2.05, 4.69) is 20.0 Å². The average Bonchev–Trinajstić information content (AvgIpc) is 3.00. The molecule has 6 nitrogen and oxygen atoms in total. The lowest BCUT2D eigenvalue weighted by Crippen LogP contribution is -2.39. The molecule has 0 radical (unpaired) electrons. The number of carbonyl (C=O) groups excluding carboxylic acids is 1. The molecular formula is C19H27N5O. The summed E-state index contributed by atoms with van der Waals surface area (Å²) in [5, 5.41) is 4.67. The molecule has 0 N–H and O–H groups in total. The van der Waals surface area contributed by atoms with Crippen molar-refractivity contribution in [3.63, 3.8) is 0 Å². The maximum absolute atomic E-state index is 12.6. The minimum Gasteiger partial charge on any atom is -0.343 e. The van der Waals surface area contributed by atoms with E-state index in [9.17, 15) is 4.79 Å². The monoisotopic (exact) mass is 341 g/mol. The first-order chi connectivity index (χ1) is 12.2. The number of aryl methyl sites for hydroxylation is 1. The fourth-order valence-electron chi connectivity index (χ4n) is 4.45. The lowest BCUT2D eigenvalue weighted by Gasteiger charge is -2.33.